The minimum atomic E-state index is -0.705. The Balaban J connectivity index is 2.40. The third kappa shape index (κ3) is 2.60. The number of ether oxygens (including phenoxy) is 1. The van der Waals surface area contributed by atoms with Crippen molar-refractivity contribution in [3.8, 4) is 5.75 Å². The van der Waals surface area contributed by atoms with Crippen molar-refractivity contribution >= 4 is 11.6 Å². The highest BCUT2D eigenvalue weighted by Gasteiger charge is 2.15. The van der Waals surface area contributed by atoms with Crippen LogP contribution >= 0.6 is 11.6 Å². The van der Waals surface area contributed by atoms with Crippen molar-refractivity contribution in [2.24, 2.45) is 0 Å². The molecule has 0 aromatic heterocycles. The molecule has 1 N–H and O–H groups in total. The van der Waals surface area contributed by atoms with E-state index < -0.39 is 6.10 Å². The second-order valence-electron chi connectivity index (χ2n) is 3.70. The molecule has 0 fully saturated rings. The largest absolute Gasteiger partial charge is 0.496 e. The van der Waals surface area contributed by atoms with Gasteiger partial charge in [0, 0.05) is 10.6 Å². The standard InChI is InChI=1S/C14H13ClO2/c1-17-13-9-11(15)7-8-12(13)14(16)10-5-3-2-4-6-10/h2-9,14,16H,1H3. The van der Waals surface area contributed by atoms with E-state index in [1.807, 2.05) is 30.3 Å². The monoisotopic (exact) mass is 248 g/mol. The fourth-order valence-electron chi connectivity index (χ4n) is 1.73. The molecule has 2 aromatic carbocycles. The first-order valence-corrected chi connectivity index (χ1v) is 5.66. The van der Waals surface area contributed by atoms with Crippen LogP contribution in [0.2, 0.25) is 5.02 Å². The molecule has 88 valence electrons. The van der Waals surface area contributed by atoms with Gasteiger partial charge in [0.2, 0.25) is 0 Å². The van der Waals surface area contributed by atoms with Crippen molar-refractivity contribution in [1.82, 2.24) is 0 Å². The Morgan fingerprint density at radius 1 is 1.12 bits per heavy atom. The van der Waals surface area contributed by atoms with Crippen molar-refractivity contribution in [3.05, 3.63) is 64.7 Å². The van der Waals surface area contributed by atoms with E-state index in [2.05, 4.69) is 0 Å². The maximum atomic E-state index is 10.3. The maximum absolute atomic E-state index is 10.3. The molecule has 1 unspecified atom stereocenters. The highest BCUT2D eigenvalue weighted by Crippen LogP contribution is 2.31. The van der Waals surface area contributed by atoms with E-state index >= 15 is 0 Å². The molecule has 3 heteroatoms. The Bertz CT molecular complexity index is 497. The lowest BCUT2D eigenvalue weighted by atomic mass is 10.0. The molecule has 0 heterocycles. The highest BCUT2D eigenvalue weighted by molar-refractivity contribution is 6.30. The van der Waals surface area contributed by atoms with Gasteiger partial charge in [0.15, 0.2) is 0 Å². The predicted octanol–water partition coefficient (Wildman–Crippen LogP) is 3.43. The fourth-order valence-corrected chi connectivity index (χ4v) is 1.89. The first-order valence-electron chi connectivity index (χ1n) is 5.29. The molecule has 0 aliphatic heterocycles. The van der Waals surface area contributed by atoms with Crippen LogP contribution in [0.4, 0.5) is 0 Å². The summed E-state index contributed by atoms with van der Waals surface area (Å²) >= 11 is 5.88. The molecular weight excluding hydrogens is 236 g/mol. The van der Waals surface area contributed by atoms with Crippen molar-refractivity contribution < 1.29 is 9.84 Å². The first kappa shape index (κ1) is 12.0. The second-order valence-corrected chi connectivity index (χ2v) is 4.14. The lowest BCUT2D eigenvalue weighted by molar-refractivity contribution is 0.215. The minimum absolute atomic E-state index is 0.589. The molecule has 0 radical (unpaired) electrons. The smallest absolute Gasteiger partial charge is 0.126 e. The van der Waals surface area contributed by atoms with Crippen LogP contribution in [0.25, 0.3) is 0 Å². The van der Waals surface area contributed by atoms with Crippen molar-refractivity contribution in [1.29, 1.82) is 0 Å². The Labute approximate surface area is 105 Å². The van der Waals surface area contributed by atoms with Crippen LogP contribution in [0.1, 0.15) is 17.2 Å². The SMILES string of the molecule is COc1cc(Cl)ccc1C(O)c1ccccc1. The van der Waals surface area contributed by atoms with Gasteiger partial charge >= 0.3 is 0 Å². The molecule has 2 aromatic rings. The number of hydrogen-bond donors (Lipinski definition) is 1. The molecule has 1 atom stereocenters. The van der Waals surface area contributed by atoms with Gasteiger partial charge in [-0.2, -0.15) is 0 Å². The molecule has 17 heavy (non-hydrogen) atoms. The van der Waals surface area contributed by atoms with E-state index in [1.165, 1.54) is 0 Å². The van der Waals surface area contributed by atoms with Crippen molar-refractivity contribution in [2.75, 3.05) is 7.11 Å². The fraction of sp³-hybridized carbons (Fsp3) is 0.143. The molecule has 0 saturated heterocycles. The van der Waals surface area contributed by atoms with Crippen LogP contribution < -0.4 is 4.74 Å². The third-order valence-corrected chi connectivity index (χ3v) is 2.84. The van der Waals surface area contributed by atoms with Gasteiger partial charge in [-0.25, -0.2) is 0 Å². The van der Waals surface area contributed by atoms with Crippen molar-refractivity contribution in [3.63, 3.8) is 0 Å². The first-order chi connectivity index (χ1) is 8.22. The Morgan fingerprint density at radius 3 is 2.47 bits per heavy atom. The van der Waals surface area contributed by atoms with E-state index in [0.29, 0.717) is 16.3 Å². The van der Waals surface area contributed by atoms with Gasteiger partial charge in [-0.05, 0) is 17.7 Å². The zero-order valence-corrected chi connectivity index (χ0v) is 10.2. The zero-order valence-electron chi connectivity index (χ0n) is 9.43. The molecule has 0 amide bonds. The molecule has 0 bridgehead atoms. The van der Waals surface area contributed by atoms with Gasteiger partial charge in [0.25, 0.3) is 0 Å². The third-order valence-electron chi connectivity index (χ3n) is 2.61. The summed E-state index contributed by atoms with van der Waals surface area (Å²) in [5.74, 6) is 0.592. The van der Waals surface area contributed by atoms with Crippen LogP contribution in [-0.2, 0) is 0 Å². The Kier molecular flexibility index (Phi) is 3.67. The predicted molar refractivity (Wildman–Crippen MR) is 68.5 cm³/mol. The zero-order chi connectivity index (χ0) is 12.3. The van der Waals surface area contributed by atoms with E-state index in [9.17, 15) is 5.11 Å². The maximum Gasteiger partial charge on any atom is 0.126 e. The van der Waals surface area contributed by atoms with Gasteiger partial charge in [-0.15, -0.1) is 0 Å². The number of benzene rings is 2. The summed E-state index contributed by atoms with van der Waals surface area (Å²) in [6.45, 7) is 0. The van der Waals surface area contributed by atoms with E-state index in [4.69, 9.17) is 16.3 Å². The number of methoxy groups -OCH3 is 1. The topological polar surface area (TPSA) is 29.5 Å². The molecule has 0 spiro atoms. The number of rotatable bonds is 3. The number of halogens is 1. The number of hydrogen-bond acceptors (Lipinski definition) is 2. The van der Waals surface area contributed by atoms with Crippen LogP contribution in [0.3, 0.4) is 0 Å². The van der Waals surface area contributed by atoms with Crippen LogP contribution in [-0.4, -0.2) is 12.2 Å². The van der Waals surface area contributed by atoms with Crippen LogP contribution in [0.5, 0.6) is 5.75 Å². The minimum Gasteiger partial charge on any atom is -0.496 e. The lowest BCUT2D eigenvalue weighted by Gasteiger charge is -2.15. The van der Waals surface area contributed by atoms with Crippen molar-refractivity contribution in [2.45, 2.75) is 6.10 Å². The summed E-state index contributed by atoms with van der Waals surface area (Å²) in [4.78, 5) is 0. The Morgan fingerprint density at radius 2 is 1.82 bits per heavy atom. The summed E-state index contributed by atoms with van der Waals surface area (Å²) in [6.07, 6.45) is -0.705. The van der Waals surface area contributed by atoms with Gasteiger partial charge in [-0.1, -0.05) is 48.0 Å². The van der Waals surface area contributed by atoms with Crippen LogP contribution in [0.15, 0.2) is 48.5 Å². The molecule has 0 aliphatic rings. The average molecular weight is 249 g/mol. The normalized spacial score (nSPS) is 12.2. The van der Waals surface area contributed by atoms with E-state index in [0.717, 1.165) is 5.56 Å². The van der Waals surface area contributed by atoms with Gasteiger partial charge in [0.05, 0.1) is 7.11 Å². The quantitative estimate of drug-likeness (QED) is 0.902. The summed E-state index contributed by atoms with van der Waals surface area (Å²) in [7, 11) is 1.56. The summed E-state index contributed by atoms with van der Waals surface area (Å²) in [5.41, 5.74) is 1.54. The van der Waals surface area contributed by atoms with E-state index in [-0.39, 0.29) is 0 Å². The average Bonchev–Trinajstić information content (AvgIpc) is 2.39. The van der Waals surface area contributed by atoms with Gasteiger partial charge < -0.3 is 9.84 Å². The van der Waals surface area contributed by atoms with Crippen LogP contribution in [0, 0.1) is 0 Å². The lowest BCUT2D eigenvalue weighted by Crippen LogP contribution is -2.02. The molecule has 0 aliphatic carbocycles. The molecular formula is C14H13ClO2. The van der Waals surface area contributed by atoms with E-state index in [1.54, 1.807) is 25.3 Å². The van der Waals surface area contributed by atoms with Gasteiger partial charge in [0.1, 0.15) is 11.9 Å². The number of aliphatic hydroxyl groups is 1. The highest BCUT2D eigenvalue weighted by atomic mass is 35.5. The Hall–Kier alpha value is -1.51. The summed E-state index contributed by atoms with van der Waals surface area (Å²) in [5, 5.41) is 10.9. The molecule has 0 saturated carbocycles. The second kappa shape index (κ2) is 5.21. The summed E-state index contributed by atoms with van der Waals surface area (Å²) in [6, 6.07) is 14.7. The summed E-state index contributed by atoms with van der Waals surface area (Å²) < 4.78 is 5.22. The van der Waals surface area contributed by atoms with Gasteiger partial charge in [-0.3, -0.25) is 0 Å². The number of aliphatic hydroxyl groups excluding tert-OH is 1. The molecule has 2 nitrogen and oxygen atoms in total. The molecule has 2 rings (SSSR count).